The topological polar surface area (TPSA) is 0 Å². The van der Waals surface area contributed by atoms with Crippen LogP contribution < -0.4 is 0 Å². The smallest absolute Gasteiger partial charge is 0.0110 e. The lowest BCUT2D eigenvalue weighted by atomic mass is 10.1. The van der Waals surface area contributed by atoms with Crippen LogP contribution in [0.5, 0.6) is 0 Å². The van der Waals surface area contributed by atoms with Crippen molar-refractivity contribution in [1.29, 1.82) is 0 Å². The van der Waals surface area contributed by atoms with E-state index in [9.17, 15) is 0 Å². The van der Waals surface area contributed by atoms with Gasteiger partial charge in [-0.2, -0.15) is 0 Å². The average Bonchev–Trinajstić information content (AvgIpc) is 2.09. The molecule has 0 aliphatic heterocycles. The first kappa shape index (κ1) is 13.7. The van der Waals surface area contributed by atoms with Crippen molar-refractivity contribution in [1.82, 2.24) is 0 Å². The van der Waals surface area contributed by atoms with Gasteiger partial charge in [0.25, 0.3) is 0 Å². The Balaban J connectivity index is 3.02. The molecule has 3 heteroatoms. The molecule has 0 saturated heterocycles. The maximum atomic E-state index is 3.46. The zero-order chi connectivity index (χ0) is 9.23. The summed E-state index contributed by atoms with van der Waals surface area (Å²) in [4.78, 5) is 0. The Morgan fingerprint density at radius 3 is 2.00 bits per heavy atom. The molecular formula is C9H17Br2I. The molecule has 0 rings (SSSR count). The molecule has 0 aliphatic carbocycles. The van der Waals surface area contributed by atoms with Crippen molar-refractivity contribution in [2.75, 3.05) is 10.7 Å². The lowest BCUT2D eigenvalue weighted by Gasteiger charge is -2.07. The van der Waals surface area contributed by atoms with E-state index in [1.165, 1.54) is 43.9 Å². The number of alkyl halides is 3. The summed E-state index contributed by atoms with van der Waals surface area (Å²) < 4.78 is 0.899. The first-order valence-electron chi connectivity index (χ1n) is 4.57. The van der Waals surface area contributed by atoms with Crippen LogP contribution in [0.1, 0.15) is 38.5 Å². The van der Waals surface area contributed by atoms with Crippen molar-refractivity contribution in [3.63, 3.8) is 0 Å². The van der Waals surface area contributed by atoms with Gasteiger partial charge in [0.05, 0.1) is 0 Å². The Morgan fingerprint density at radius 2 is 1.42 bits per heavy atom. The molecule has 0 aromatic rings. The maximum Gasteiger partial charge on any atom is 0.0110 e. The summed E-state index contributed by atoms with van der Waals surface area (Å²) in [7, 11) is 0. The molecule has 0 aromatic carbocycles. The van der Waals surface area contributed by atoms with Crippen LogP contribution in [0.4, 0.5) is 0 Å². The fraction of sp³-hybridized carbons (Fsp3) is 1.00. The second-order valence-electron chi connectivity index (χ2n) is 2.97. The third-order valence-electron chi connectivity index (χ3n) is 1.80. The minimum absolute atomic E-state index is 0.899. The van der Waals surface area contributed by atoms with Crippen LogP contribution in [0, 0.1) is 0 Å². The van der Waals surface area contributed by atoms with E-state index >= 15 is 0 Å². The first-order valence-corrected chi connectivity index (χ1v) is 8.06. The quantitative estimate of drug-likeness (QED) is 0.302. The van der Waals surface area contributed by atoms with Gasteiger partial charge in [0.15, 0.2) is 0 Å². The monoisotopic (exact) mass is 410 g/mol. The highest BCUT2D eigenvalue weighted by molar-refractivity contribution is 14.1. The van der Waals surface area contributed by atoms with E-state index in [0.29, 0.717) is 0 Å². The molecule has 0 aromatic heterocycles. The number of rotatable bonds is 8. The first-order chi connectivity index (χ1) is 5.81. The Labute approximate surface area is 107 Å². The fourth-order valence-electron chi connectivity index (χ4n) is 1.08. The van der Waals surface area contributed by atoms with E-state index in [4.69, 9.17) is 0 Å². The molecule has 0 saturated carbocycles. The summed E-state index contributed by atoms with van der Waals surface area (Å²) in [6, 6.07) is 0. The van der Waals surface area contributed by atoms with Crippen molar-refractivity contribution in [2.24, 2.45) is 0 Å². The van der Waals surface area contributed by atoms with Crippen LogP contribution in [-0.2, 0) is 0 Å². The van der Waals surface area contributed by atoms with Crippen molar-refractivity contribution >= 4 is 54.5 Å². The molecule has 0 amide bonds. The van der Waals surface area contributed by atoms with E-state index in [1.807, 2.05) is 0 Å². The van der Waals surface area contributed by atoms with Gasteiger partial charge in [0.2, 0.25) is 0 Å². The van der Waals surface area contributed by atoms with Gasteiger partial charge in [0.1, 0.15) is 0 Å². The summed E-state index contributed by atoms with van der Waals surface area (Å²) in [5.41, 5.74) is 0. The minimum atomic E-state index is 0.899. The summed E-state index contributed by atoms with van der Waals surface area (Å²) in [5, 5.41) is 2.33. The largest absolute Gasteiger partial charge is 0.0928 e. The maximum absolute atomic E-state index is 3.46. The molecule has 1 unspecified atom stereocenters. The Kier molecular flexibility index (Phi) is 12.3. The van der Waals surface area contributed by atoms with E-state index in [2.05, 4.69) is 54.5 Å². The summed E-state index contributed by atoms with van der Waals surface area (Å²) in [6.07, 6.45) is 8.23. The molecule has 0 radical (unpaired) electrons. The van der Waals surface area contributed by atoms with Crippen LogP contribution in [0.25, 0.3) is 0 Å². The van der Waals surface area contributed by atoms with Gasteiger partial charge in [-0.05, 0) is 25.7 Å². The predicted octanol–water partition coefficient (Wildman–Crippen LogP) is 4.92. The van der Waals surface area contributed by atoms with Gasteiger partial charge >= 0.3 is 0 Å². The van der Waals surface area contributed by atoms with E-state index in [1.54, 1.807) is 0 Å². The van der Waals surface area contributed by atoms with Gasteiger partial charge in [0, 0.05) is 14.6 Å². The molecule has 0 heterocycles. The van der Waals surface area contributed by atoms with Crippen LogP contribution in [0.3, 0.4) is 0 Å². The molecule has 0 N–H and O–H groups in total. The molecule has 0 aliphatic rings. The summed E-state index contributed by atoms with van der Waals surface area (Å²) >= 11 is 9.50. The SMILES string of the molecule is BrCCCCCC(I)CCCBr. The number of hydrogen-bond donors (Lipinski definition) is 0. The number of hydrogen-bond acceptors (Lipinski definition) is 0. The van der Waals surface area contributed by atoms with Crippen molar-refractivity contribution in [3.8, 4) is 0 Å². The summed E-state index contributed by atoms with van der Waals surface area (Å²) in [5.74, 6) is 0. The third-order valence-corrected chi connectivity index (χ3v) is 4.17. The van der Waals surface area contributed by atoms with Gasteiger partial charge in [-0.25, -0.2) is 0 Å². The van der Waals surface area contributed by atoms with Gasteiger partial charge in [-0.15, -0.1) is 0 Å². The number of unbranched alkanes of at least 4 members (excludes halogenated alkanes) is 2. The molecule has 12 heavy (non-hydrogen) atoms. The van der Waals surface area contributed by atoms with Crippen LogP contribution >= 0.6 is 54.5 Å². The second kappa shape index (κ2) is 10.8. The van der Waals surface area contributed by atoms with Gasteiger partial charge in [-0.1, -0.05) is 67.3 Å². The van der Waals surface area contributed by atoms with E-state index < -0.39 is 0 Å². The van der Waals surface area contributed by atoms with Gasteiger partial charge < -0.3 is 0 Å². The minimum Gasteiger partial charge on any atom is -0.0928 e. The van der Waals surface area contributed by atoms with E-state index in [0.717, 1.165) is 9.25 Å². The van der Waals surface area contributed by atoms with Crippen molar-refractivity contribution in [3.05, 3.63) is 0 Å². The van der Waals surface area contributed by atoms with E-state index in [-0.39, 0.29) is 0 Å². The normalized spacial score (nSPS) is 13.2. The van der Waals surface area contributed by atoms with Crippen LogP contribution in [-0.4, -0.2) is 14.6 Å². The average molecular weight is 412 g/mol. The molecule has 0 bridgehead atoms. The van der Waals surface area contributed by atoms with Crippen molar-refractivity contribution in [2.45, 2.75) is 42.4 Å². The Morgan fingerprint density at radius 1 is 0.833 bits per heavy atom. The molecule has 74 valence electrons. The highest BCUT2D eigenvalue weighted by atomic mass is 127. The molecular weight excluding hydrogens is 395 g/mol. The number of halogens is 3. The summed E-state index contributed by atoms with van der Waals surface area (Å²) in [6.45, 7) is 0. The Hall–Kier alpha value is 1.69. The molecule has 0 spiro atoms. The van der Waals surface area contributed by atoms with Crippen molar-refractivity contribution < 1.29 is 0 Å². The molecule has 1 atom stereocenters. The fourth-order valence-corrected chi connectivity index (χ4v) is 2.68. The van der Waals surface area contributed by atoms with Gasteiger partial charge in [-0.3, -0.25) is 0 Å². The second-order valence-corrected chi connectivity index (χ2v) is 6.31. The Bertz CT molecular complexity index is 88.6. The standard InChI is InChI=1S/C9H17Br2I/c10-7-3-1-2-5-9(12)6-4-8-11/h9H,1-8H2. The van der Waals surface area contributed by atoms with Crippen LogP contribution in [0.2, 0.25) is 0 Å². The molecule has 0 nitrogen and oxygen atoms in total. The third kappa shape index (κ3) is 9.78. The highest BCUT2D eigenvalue weighted by Crippen LogP contribution is 2.17. The molecule has 0 fully saturated rings. The highest BCUT2D eigenvalue weighted by Gasteiger charge is 2.02. The lowest BCUT2D eigenvalue weighted by Crippen LogP contribution is -1.97. The van der Waals surface area contributed by atoms with Crippen LogP contribution in [0.15, 0.2) is 0 Å². The zero-order valence-electron chi connectivity index (χ0n) is 7.37. The predicted molar refractivity (Wildman–Crippen MR) is 73.1 cm³/mol. The zero-order valence-corrected chi connectivity index (χ0v) is 12.7. The lowest BCUT2D eigenvalue weighted by molar-refractivity contribution is 0.632.